The Morgan fingerprint density at radius 2 is 1.94 bits per heavy atom. The third-order valence-electron chi connectivity index (χ3n) is 3.08. The molecule has 2 amide bonds. The van der Waals surface area contributed by atoms with E-state index in [1.165, 1.54) is 4.90 Å². The second-order valence-electron chi connectivity index (χ2n) is 5.56. The van der Waals surface area contributed by atoms with E-state index in [-0.39, 0.29) is 23.5 Å². The number of hydrogen-bond donors (Lipinski definition) is 1. The van der Waals surface area contributed by atoms with E-state index in [0.717, 1.165) is 4.90 Å². The average Bonchev–Trinajstić information content (AvgIpc) is 2.81. The number of rotatable bonds is 1. The number of urea groups is 1. The molecule has 0 spiro atoms. The number of aliphatic hydroxyl groups is 1. The molecule has 1 aromatic rings. The summed E-state index contributed by atoms with van der Waals surface area (Å²) in [5, 5.41) is 17.7. The number of carbonyl (C=O) groups excluding carboxylic acids is 1. The smallest absolute Gasteiger partial charge is 0.330 e. The van der Waals surface area contributed by atoms with Crippen molar-refractivity contribution in [2.75, 3.05) is 11.9 Å². The highest BCUT2D eigenvalue weighted by Gasteiger charge is 2.44. The third-order valence-corrected chi connectivity index (χ3v) is 3.08. The molecule has 2 rings (SSSR count). The maximum Gasteiger partial charge on any atom is 0.330 e. The lowest BCUT2D eigenvalue weighted by atomic mass is 9.97. The quantitative estimate of drug-likeness (QED) is 0.806. The predicted octanol–water partition coefficient (Wildman–Crippen LogP) is 0.946. The van der Waals surface area contributed by atoms with Gasteiger partial charge < -0.3 is 14.4 Å². The summed E-state index contributed by atoms with van der Waals surface area (Å²) in [7, 11) is 1.62. The third kappa shape index (κ3) is 1.84. The van der Waals surface area contributed by atoms with Crippen molar-refractivity contribution in [3.63, 3.8) is 0 Å². The molecule has 7 nitrogen and oxygen atoms in total. The minimum atomic E-state index is -0.976. The summed E-state index contributed by atoms with van der Waals surface area (Å²) in [6, 6.07) is -0.629. The first-order chi connectivity index (χ1) is 8.23. The summed E-state index contributed by atoms with van der Waals surface area (Å²) in [4.78, 5) is 14.5. The number of likely N-dealkylation sites (N-methyl/N-ethyl adjacent to an activating group) is 1. The fraction of sp³-hybridized carbons (Fsp3) is 0.727. The topological polar surface area (TPSA) is 82.7 Å². The molecule has 0 aromatic carbocycles. The van der Waals surface area contributed by atoms with Gasteiger partial charge in [0.15, 0.2) is 6.23 Å². The van der Waals surface area contributed by atoms with Crippen molar-refractivity contribution in [3.05, 3.63) is 5.89 Å². The van der Waals surface area contributed by atoms with Crippen LogP contribution in [0.5, 0.6) is 0 Å². The van der Waals surface area contributed by atoms with Crippen LogP contribution < -0.4 is 4.90 Å². The summed E-state index contributed by atoms with van der Waals surface area (Å²) >= 11 is 0. The molecule has 2 heterocycles. The molecule has 1 saturated heterocycles. The van der Waals surface area contributed by atoms with Crippen molar-refractivity contribution in [1.29, 1.82) is 0 Å². The lowest BCUT2D eigenvalue weighted by Gasteiger charge is -2.16. The number of nitrogens with zero attached hydrogens (tertiary/aromatic N) is 4. The first-order valence-corrected chi connectivity index (χ1v) is 5.81. The van der Waals surface area contributed by atoms with E-state index in [2.05, 4.69) is 10.2 Å². The van der Waals surface area contributed by atoms with Crippen LogP contribution in [-0.2, 0) is 5.41 Å². The van der Waals surface area contributed by atoms with Gasteiger partial charge in [-0.3, -0.25) is 0 Å². The molecule has 1 aromatic heterocycles. The van der Waals surface area contributed by atoms with Gasteiger partial charge >= 0.3 is 12.0 Å². The van der Waals surface area contributed by atoms with Crippen LogP contribution in [0.4, 0.5) is 10.8 Å². The van der Waals surface area contributed by atoms with Crippen LogP contribution in [0.2, 0.25) is 0 Å². The fourth-order valence-corrected chi connectivity index (χ4v) is 1.68. The monoisotopic (exact) mass is 254 g/mol. The molecule has 18 heavy (non-hydrogen) atoms. The molecule has 1 aliphatic rings. The van der Waals surface area contributed by atoms with E-state index < -0.39 is 6.23 Å². The Bertz CT molecular complexity index is 465. The normalized spacial score (nSPS) is 25.1. The molecule has 1 aliphatic heterocycles. The van der Waals surface area contributed by atoms with E-state index in [1.807, 2.05) is 20.8 Å². The minimum Gasteiger partial charge on any atom is -0.407 e. The van der Waals surface area contributed by atoms with Gasteiger partial charge in [-0.25, -0.2) is 9.69 Å². The van der Waals surface area contributed by atoms with Gasteiger partial charge in [0.1, 0.15) is 0 Å². The van der Waals surface area contributed by atoms with Gasteiger partial charge in [0.05, 0.1) is 6.04 Å². The lowest BCUT2D eigenvalue weighted by Crippen LogP contribution is -2.35. The zero-order valence-corrected chi connectivity index (χ0v) is 11.2. The molecule has 0 aliphatic carbocycles. The molecule has 0 bridgehead atoms. The van der Waals surface area contributed by atoms with Gasteiger partial charge in [0, 0.05) is 12.5 Å². The van der Waals surface area contributed by atoms with E-state index >= 15 is 0 Å². The van der Waals surface area contributed by atoms with Crippen molar-refractivity contribution >= 4 is 12.0 Å². The molecular formula is C11H18N4O3. The van der Waals surface area contributed by atoms with Crippen LogP contribution in [-0.4, -0.2) is 45.6 Å². The fourth-order valence-electron chi connectivity index (χ4n) is 1.68. The highest BCUT2D eigenvalue weighted by Crippen LogP contribution is 2.29. The number of carbonyl (C=O) groups is 1. The second kappa shape index (κ2) is 3.94. The van der Waals surface area contributed by atoms with Crippen LogP contribution in [0.15, 0.2) is 4.42 Å². The molecular weight excluding hydrogens is 236 g/mol. The highest BCUT2D eigenvalue weighted by molar-refractivity contribution is 5.92. The number of hydrogen-bond acceptors (Lipinski definition) is 5. The number of aromatic nitrogens is 2. The number of anilines is 1. The first-order valence-electron chi connectivity index (χ1n) is 5.81. The second-order valence-corrected chi connectivity index (χ2v) is 5.56. The van der Waals surface area contributed by atoms with Gasteiger partial charge in [-0.05, 0) is 6.92 Å². The largest absolute Gasteiger partial charge is 0.407 e. The van der Waals surface area contributed by atoms with E-state index in [9.17, 15) is 9.90 Å². The molecule has 2 atom stereocenters. The molecule has 0 unspecified atom stereocenters. The first kappa shape index (κ1) is 12.8. The van der Waals surface area contributed by atoms with Gasteiger partial charge in [-0.1, -0.05) is 25.9 Å². The summed E-state index contributed by atoms with van der Waals surface area (Å²) < 4.78 is 5.47. The lowest BCUT2D eigenvalue weighted by molar-refractivity contribution is 0.135. The van der Waals surface area contributed by atoms with E-state index in [1.54, 1.807) is 14.0 Å². The summed E-state index contributed by atoms with van der Waals surface area (Å²) in [6.45, 7) is 7.55. The Morgan fingerprint density at radius 3 is 2.33 bits per heavy atom. The van der Waals surface area contributed by atoms with Crippen LogP contribution in [0, 0.1) is 0 Å². The minimum absolute atomic E-state index is 0.0358. The zero-order valence-electron chi connectivity index (χ0n) is 11.2. The Hall–Kier alpha value is -1.63. The maximum atomic E-state index is 11.9. The number of amides is 2. The standard InChI is InChI=1S/C11H18N4O3/c1-6-7(16)15(10(17)14(6)5)9-13-12-8(18-9)11(2,3)4/h6-7,16H,1-5H3/t6-,7+/m0/s1. The Balaban J connectivity index is 2.33. The van der Waals surface area contributed by atoms with Crippen LogP contribution in [0.25, 0.3) is 0 Å². The molecule has 1 fully saturated rings. The Kier molecular flexibility index (Phi) is 2.81. The summed E-state index contributed by atoms with van der Waals surface area (Å²) in [5.41, 5.74) is -0.295. The van der Waals surface area contributed by atoms with E-state index in [4.69, 9.17) is 4.42 Å². The molecule has 7 heteroatoms. The summed E-state index contributed by atoms with van der Waals surface area (Å²) in [6.07, 6.45) is -0.976. The maximum absolute atomic E-state index is 11.9. The van der Waals surface area contributed by atoms with Crippen molar-refractivity contribution in [3.8, 4) is 0 Å². The van der Waals surface area contributed by atoms with Gasteiger partial charge in [-0.15, -0.1) is 5.10 Å². The predicted molar refractivity (Wildman–Crippen MR) is 64.1 cm³/mol. The summed E-state index contributed by atoms with van der Waals surface area (Å²) in [5.74, 6) is 0.430. The van der Waals surface area contributed by atoms with Crippen molar-refractivity contribution in [2.24, 2.45) is 0 Å². The zero-order chi connectivity index (χ0) is 13.7. The molecule has 0 radical (unpaired) electrons. The van der Waals surface area contributed by atoms with E-state index in [0.29, 0.717) is 5.89 Å². The highest BCUT2D eigenvalue weighted by atomic mass is 16.4. The van der Waals surface area contributed by atoms with Crippen molar-refractivity contribution < 1.29 is 14.3 Å². The van der Waals surface area contributed by atoms with Crippen LogP contribution in [0.3, 0.4) is 0 Å². The van der Waals surface area contributed by atoms with Gasteiger partial charge in [0.25, 0.3) is 0 Å². The van der Waals surface area contributed by atoms with Crippen LogP contribution >= 0.6 is 0 Å². The van der Waals surface area contributed by atoms with Crippen molar-refractivity contribution in [2.45, 2.75) is 45.4 Å². The SMILES string of the molecule is C[C@H]1[C@@H](O)N(c2nnc(C(C)(C)C)o2)C(=O)N1C. The molecule has 100 valence electrons. The van der Waals surface area contributed by atoms with Crippen molar-refractivity contribution in [1.82, 2.24) is 15.1 Å². The molecule has 1 N–H and O–H groups in total. The number of aliphatic hydroxyl groups excluding tert-OH is 1. The van der Waals surface area contributed by atoms with Gasteiger partial charge in [-0.2, -0.15) is 0 Å². The Morgan fingerprint density at radius 1 is 1.33 bits per heavy atom. The average molecular weight is 254 g/mol. The molecule has 0 saturated carbocycles. The van der Waals surface area contributed by atoms with Gasteiger partial charge in [0.2, 0.25) is 5.89 Å². The van der Waals surface area contributed by atoms with Crippen LogP contribution in [0.1, 0.15) is 33.6 Å². The Labute approximate surface area is 105 Å².